The molecule has 0 saturated heterocycles. The molecule has 1 aromatic rings. The van der Waals surface area contributed by atoms with Gasteiger partial charge in [0.05, 0.1) is 11.7 Å². The van der Waals surface area contributed by atoms with E-state index in [1.54, 1.807) is 24.4 Å². The van der Waals surface area contributed by atoms with Crippen LogP contribution in [0.3, 0.4) is 0 Å². The number of nitrogens with zero attached hydrogens (tertiary/aromatic N) is 1. The number of hydrogen-bond acceptors (Lipinski definition) is 7. The average Bonchev–Trinajstić information content (AvgIpc) is 3.09. The summed E-state index contributed by atoms with van der Waals surface area (Å²) in [6.07, 6.45) is 8.24. The molecule has 7 nitrogen and oxygen atoms in total. The number of pyridine rings is 1. The first-order valence-corrected chi connectivity index (χ1v) is 12.3. The summed E-state index contributed by atoms with van der Waals surface area (Å²) in [7, 11) is 0. The van der Waals surface area contributed by atoms with Crippen LogP contribution in [0.1, 0.15) is 69.2 Å². The molecule has 3 saturated carbocycles. The van der Waals surface area contributed by atoms with Crippen LogP contribution in [-0.2, 0) is 14.3 Å². The van der Waals surface area contributed by atoms with Gasteiger partial charge >= 0.3 is 5.97 Å². The molecule has 3 fully saturated rings. The second-order valence-electron chi connectivity index (χ2n) is 11.2. The highest BCUT2D eigenvalue weighted by Crippen LogP contribution is 2.67. The molecule has 1 heterocycles. The fourth-order valence-corrected chi connectivity index (χ4v) is 7.97. The van der Waals surface area contributed by atoms with Gasteiger partial charge in [-0.2, -0.15) is 0 Å². The summed E-state index contributed by atoms with van der Waals surface area (Å²) in [6, 6.07) is 3.17. The molecule has 4 aliphatic rings. The van der Waals surface area contributed by atoms with Crippen molar-refractivity contribution < 1.29 is 29.3 Å². The van der Waals surface area contributed by atoms with Gasteiger partial charge in [-0.25, -0.2) is 4.79 Å². The lowest BCUT2D eigenvalue weighted by molar-refractivity contribution is -0.182. The SMILES string of the molecule is C[C@]12CCC(=O)C=C1CCC1C2C(O)C[C@@]2(C)C1CC[C@]2(O)C(=O)COC(=O)c1cccnc1. The van der Waals surface area contributed by atoms with E-state index in [9.17, 15) is 24.6 Å². The minimum absolute atomic E-state index is 0.0135. The van der Waals surface area contributed by atoms with Gasteiger partial charge < -0.3 is 14.9 Å². The van der Waals surface area contributed by atoms with Crippen molar-refractivity contribution in [2.45, 2.75) is 70.5 Å². The number of aromatic nitrogens is 1. The Bertz CT molecular complexity index is 1050. The Morgan fingerprint density at radius 2 is 2.00 bits per heavy atom. The quantitative estimate of drug-likeness (QED) is 0.654. The molecule has 182 valence electrons. The highest BCUT2D eigenvalue weighted by molar-refractivity contribution is 5.94. The number of carbonyl (C=O) groups excluding carboxylic acids is 3. The van der Waals surface area contributed by atoms with Crippen molar-refractivity contribution in [3.8, 4) is 0 Å². The van der Waals surface area contributed by atoms with Gasteiger partial charge in [-0.05, 0) is 79.9 Å². The van der Waals surface area contributed by atoms with E-state index < -0.39 is 35.5 Å². The normalized spacial score (nSPS) is 41.1. The summed E-state index contributed by atoms with van der Waals surface area (Å²) >= 11 is 0. The van der Waals surface area contributed by atoms with Gasteiger partial charge in [-0.3, -0.25) is 14.6 Å². The molecule has 0 amide bonds. The number of esters is 1. The summed E-state index contributed by atoms with van der Waals surface area (Å²) in [6.45, 7) is 3.59. The molecule has 7 heteroatoms. The van der Waals surface area contributed by atoms with Crippen LogP contribution in [0.5, 0.6) is 0 Å². The number of ketones is 2. The van der Waals surface area contributed by atoms with E-state index in [0.717, 1.165) is 24.8 Å². The van der Waals surface area contributed by atoms with Crippen molar-refractivity contribution in [3.05, 3.63) is 41.7 Å². The Kier molecular flexibility index (Phi) is 5.56. The van der Waals surface area contributed by atoms with Crippen LogP contribution < -0.4 is 0 Å². The molecular formula is C27H33NO6. The predicted molar refractivity (Wildman–Crippen MR) is 123 cm³/mol. The van der Waals surface area contributed by atoms with Crippen molar-refractivity contribution in [2.24, 2.45) is 28.6 Å². The van der Waals surface area contributed by atoms with Crippen molar-refractivity contribution in [1.82, 2.24) is 4.98 Å². The standard InChI is InChI=1S/C27H33NO6/c1-25-9-7-18(29)12-17(25)5-6-19-20-8-10-27(33,26(20,2)13-21(30)23(19)25)22(31)15-34-24(32)16-4-3-11-28-14-16/h3-4,11-12,14,19-21,23,30,33H,5-10,13,15H2,1-2H3/t19?,20?,21?,23?,25-,26-,27-/m0/s1. The maximum absolute atomic E-state index is 13.3. The van der Waals surface area contributed by atoms with Crippen LogP contribution in [0, 0.1) is 28.6 Å². The first-order valence-electron chi connectivity index (χ1n) is 12.3. The lowest BCUT2D eigenvalue weighted by Gasteiger charge is -2.60. The number of aliphatic hydroxyl groups excluding tert-OH is 1. The summed E-state index contributed by atoms with van der Waals surface area (Å²) in [5.74, 6) is -0.725. The summed E-state index contributed by atoms with van der Waals surface area (Å²) in [5, 5.41) is 23.2. The Hall–Kier alpha value is -2.38. The molecule has 0 aliphatic heterocycles. The molecule has 7 atom stereocenters. The van der Waals surface area contributed by atoms with Gasteiger partial charge in [0.1, 0.15) is 5.60 Å². The highest BCUT2D eigenvalue weighted by atomic mass is 16.5. The summed E-state index contributed by atoms with van der Waals surface area (Å²) in [5.41, 5.74) is -1.27. The minimum Gasteiger partial charge on any atom is -0.454 e. The first-order chi connectivity index (χ1) is 16.1. The van der Waals surface area contributed by atoms with Gasteiger partial charge in [0, 0.05) is 24.2 Å². The molecule has 0 bridgehead atoms. The zero-order valence-corrected chi connectivity index (χ0v) is 19.8. The number of ether oxygens (including phenoxy) is 1. The molecule has 5 rings (SSSR count). The third kappa shape index (κ3) is 3.31. The number of Topliss-reactive ketones (excluding diaryl/α,β-unsaturated/α-hetero) is 1. The molecule has 1 aromatic heterocycles. The average molecular weight is 468 g/mol. The Labute approximate surface area is 199 Å². The highest BCUT2D eigenvalue weighted by Gasteiger charge is 2.68. The van der Waals surface area contributed by atoms with Crippen LogP contribution in [-0.4, -0.2) is 51.0 Å². The molecule has 0 radical (unpaired) electrons. The van der Waals surface area contributed by atoms with Gasteiger partial charge in [0.25, 0.3) is 0 Å². The lowest BCUT2D eigenvalue weighted by Crippen LogP contribution is -2.62. The second kappa shape index (κ2) is 8.09. The predicted octanol–water partition coefficient (Wildman–Crippen LogP) is 3.04. The van der Waals surface area contributed by atoms with Crippen LogP contribution in [0.25, 0.3) is 0 Å². The van der Waals surface area contributed by atoms with Crippen LogP contribution in [0.15, 0.2) is 36.2 Å². The zero-order valence-electron chi connectivity index (χ0n) is 19.8. The van der Waals surface area contributed by atoms with Gasteiger partial charge in [0.15, 0.2) is 12.4 Å². The first kappa shape index (κ1) is 23.4. The third-order valence-electron chi connectivity index (χ3n) is 9.74. The topological polar surface area (TPSA) is 114 Å². The van der Waals surface area contributed by atoms with E-state index >= 15 is 0 Å². The third-order valence-corrected chi connectivity index (χ3v) is 9.74. The Morgan fingerprint density at radius 1 is 1.21 bits per heavy atom. The number of carbonyl (C=O) groups is 3. The number of aliphatic hydroxyl groups is 2. The van der Waals surface area contributed by atoms with Crippen LogP contribution in [0.4, 0.5) is 0 Å². The fourth-order valence-electron chi connectivity index (χ4n) is 7.97. The summed E-state index contributed by atoms with van der Waals surface area (Å²) < 4.78 is 5.23. The van der Waals surface area contributed by atoms with Crippen molar-refractivity contribution >= 4 is 17.5 Å². The zero-order chi connectivity index (χ0) is 24.3. The van der Waals surface area contributed by atoms with E-state index in [1.807, 2.05) is 6.92 Å². The molecule has 4 unspecified atom stereocenters. The van der Waals surface area contributed by atoms with Gasteiger partial charge in [0.2, 0.25) is 5.78 Å². The fraction of sp³-hybridized carbons (Fsp3) is 0.630. The van der Waals surface area contributed by atoms with Gasteiger partial charge in [-0.1, -0.05) is 19.4 Å². The van der Waals surface area contributed by atoms with Crippen LogP contribution in [0.2, 0.25) is 0 Å². The molecule has 2 N–H and O–H groups in total. The van der Waals surface area contributed by atoms with E-state index in [4.69, 9.17) is 4.74 Å². The maximum atomic E-state index is 13.3. The van der Waals surface area contributed by atoms with Gasteiger partial charge in [-0.15, -0.1) is 0 Å². The Balaban J connectivity index is 1.37. The van der Waals surface area contributed by atoms with E-state index in [-0.39, 0.29) is 34.5 Å². The lowest BCUT2D eigenvalue weighted by atomic mass is 9.45. The number of allylic oxidation sites excluding steroid dienone is 1. The second-order valence-corrected chi connectivity index (χ2v) is 11.2. The molecule has 0 aromatic carbocycles. The molecule has 0 spiro atoms. The number of fused-ring (bicyclic) bond motifs is 5. The smallest absolute Gasteiger partial charge is 0.340 e. The number of rotatable bonds is 4. The summed E-state index contributed by atoms with van der Waals surface area (Å²) in [4.78, 5) is 41.5. The van der Waals surface area contributed by atoms with E-state index in [0.29, 0.717) is 25.7 Å². The molecule has 34 heavy (non-hydrogen) atoms. The minimum atomic E-state index is -1.65. The molecule has 4 aliphatic carbocycles. The molecular weight excluding hydrogens is 434 g/mol. The van der Waals surface area contributed by atoms with Crippen molar-refractivity contribution in [3.63, 3.8) is 0 Å². The van der Waals surface area contributed by atoms with E-state index in [1.165, 1.54) is 6.20 Å². The van der Waals surface area contributed by atoms with Crippen LogP contribution >= 0.6 is 0 Å². The van der Waals surface area contributed by atoms with Crippen molar-refractivity contribution in [2.75, 3.05) is 6.61 Å². The Morgan fingerprint density at radius 3 is 2.74 bits per heavy atom. The largest absolute Gasteiger partial charge is 0.454 e. The number of hydrogen-bond donors (Lipinski definition) is 2. The monoisotopic (exact) mass is 467 g/mol. The van der Waals surface area contributed by atoms with Crippen molar-refractivity contribution in [1.29, 1.82) is 0 Å². The maximum Gasteiger partial charge on any atom is 0.340 e. The van der Waals surface area contributed by atoms with E-state index in [2.05, 4.69) is 11.9 Å².